The number of halogens is 3. The quantitative estimate of drug-likeness (QED) is 0.542. The molecule has 0 amide bonds. The second kappa shape index (κ2) is 6.62. The molecule has 11 heteroatoms. The van der Waals surface area contributed by atoms with Gasteiger partial charge in [0.2, 0.25) is 0 Å². The molecule has 0 unspecified atom stereocenters. The van der Waals surface area contributed by atoms with Crippen molar-refractivity contribution in [2.24, 2.45) is 5.18 Å². The first-order chi connectivity index (χ1) is 14.2. The van der Waals surface area contributed by atoms with Crippen LogP contribution in [-0.2, 0) is 15.5 Å². The average Bonchev–Trinajstić information content (AvgIpc) is 2.85. The SMILES string of the molecule is CC1(N=O)CC(n2c(=O)cc(C(F)(F)F)c3cc(B4OC(C)(C)C(C)(C)O4)cnc32)C1. The van der Waals surface area contributed by atoms with Gasteiger partial charge in [0, 0.05) is 29.2 Å². The zero-order valence-corrected chi connectivity index (χ0v) is 17.9. The van der Waals surface area contributed by atoms with E-state index < -0.39 is 47.2 Å². The number of fused-ring (bicyclic) bond motifs is 1. The van der Waals surface area contributed by atoms with Crippen LogP contribution in [0, 0.1) is 4.91 Å². The number of aromatic nitrogens is 2. The van der Waals surface area contributed by atoms with E-state index in [0.29, 0.717) is 11.5 Å². The molecule has 0 aromatic carbocycles. The highest BCUT2D eigenvalue weighted by Crippen LogP contribution is 2.45. The third-order valence-electron chi connectivity index (χ3n) is 6.68. The molecule has 0 N–H and O–H groups in total. The second-order valence-corrected chi connectivity index (χ2v) is 9.64. The first kappa shape index (κ1) is 21.9. The summed E-state index contributed by atoms with van der Waals surface area (Å²) < 4.78 is 54.4. The zero-order valence-electron chi connectivity index (χ0n) is 17.9. The summed E-state index contributed by atoms with van der Waals surface area (Å²) in [6.07, 6.45) is -2.85. The van der Waals surface area contributed by atoms with E-state index in [9.17, 15) is 22.9 Å². The number of nitroso groups, excluding NO2 is 1. The molecule has 1 saturated heterocycles. The van der Waals surface area contributed by atoms with Gasteiger partial charge in [0.15, 0.2) is 0 Å². The minimum atomic E-state index is -4.74. The molecule has 166 valence electrons. The van der Waals surface area contributed by atoms with Crippen LogP contribution in [0.3, 0.4) is 0 Å². The van der Waals surface area contributed by atoms with Gasteiger partial charge in [-0.1, -0.05) is 5.18 Å². The minimum Gasteiger partial charge on any atom is -0.399 e. The smallest absolute Gasteiger partial charge is 0.399 e. The van der Waals surface area contributed by atoms with Gasteiger partial charge in [-0.2, -0.15) is 18.1 Å². The van der Waals surface area contributed by atoms with Crippen LogP contribution >= 0.6 is 0 Å². The van der Waals surface area contributed by atoms with E-state index in [2.05, 4.69) is 10.2 Å². The molecule has 0 radical (unpaired) electrons. The standard InChI is InChI=1S/C20H23BF3N3O4/c1-17(2)18(3,4)31-21(30-17)11-6-13-14(20(22,23)24)7-15(28)27(16(13)25-10-11)12-8-19(5,9-12)26-29/h6-7,10,12H,8-9H2,1-5H3. The van der Waals surface area contributed by atoms with E-state index in [-0.39, 0.29) is 23.9 Å². The Morgan fingerprint density at radius 2 is 1.71 bits per heavy atom. The zero-order chi connectivity index (χ0) is 23.0. The average molecular weight is 437 g/mol. The highest BCUT2D eigenvalue weighted by molar-refractivity contribution is 6.62. The third-order valence-corrected chi connectivity index (χ3v) is 6.68. The van der Waals surface area contributed by atoms with E-state index in [1.54, 1.807) is 6.92 Å². The second-order valence-electron chi connectivity index (χ2n) is 9.64. The summed E-state index contributed by atoms with van der Waals surface area (Å²) >= 11 is 0. The van der Waals surface area contributed by atoms with Crippen LogP contribution in [0.1, 0.15) is 59.1 Å². The minimum absolute atomic E-state index is 0.0851. The molecule has 0 bridgehead atoms. The van der Waals surface area contributed by atoms with Crippen molar-refractivity contribution < 1.29 is 22.5 Å². The van der Waals surface area contributed by atoms with Crippen LogP contribution in [0.2, 0.25) is 0 Å². The van der Waals surface area contributed by atoms with Gasteiger partial charge in [-0.25, -0.2) is 4.98 Å². The monoisotopic (exact) mass is 437 g/mol. The van der Waals surface area contributed by atoms with Gasteiger partial charge in [-0.15, -0.1) is 0 Å². The maximum Gasteiger partial charge on any atom is 0.496 e. The van der Waals surface area contributed by atoms with E-state index in [1.165, 1.54) is 16.8 Å². The van der Waals surface area contributed by atoms with Crippen LogP contribution in [0.25, 0.3) is 11.0 Å². The summed E-state index contributed by atoms with van der Waals surface area (Å²) in [6.45, 7) is 9.02. The van der Waals surface area contributed by atoms with E-state index in [4.69, 9.17) is 9.31 Å². The van der Waals surface area contributed by atoms with Crippen molar-refractivity contribution in [2.75, 3.05) is 0 Å². The Hall–Kier alpha value is -2.27. The lowest BCUT2D eigenvalue weighted by atomic mass is 9.74. The van der Waals surface area contributed by atoms with Crippen molar-refractivity contribution in [3.8, 4) is 0 Å². The predicted molar refractivity (Wildman–Crippen MR) is 109 cm³/mol. The van der Waals surface area contributed by atoms with Gasteiger partial charge in [-0.3, -0.25) is 9.36 Å². The molecule has 1 aliphatic carbocycles. The van der Waals surface area contributed by atoms with Crippen molar-refractivity contribution in [3.63, 3.8) is 0 Å². The van der Waals surface area contributed by atoms with Gasteiger partial charge in [0.25, 0.3) is 5.56 Å². The van der Waals surface area contributed by atoms with Crippen molar-refractivity contribution in [2.45, 2.75) is 76.4 Å². The Labute approximate surface area is 177 Å². The fraction of sp³-hybridized carbons (Fsp3) is 0.600. The lowest BCUT2D eigenvalue weighted by molar-refractivity contribution is -0.136. The topological polar surface area (TPSA) is 82.8 Å². The Morgan fingerprint density at radius 3 is 2.23 bits per heavy atom. The normalized spacial score (nSPS) is 27.4. The molecule has 31 heavy (non-hydrogen) atoms. The summed E-state index contributed by atoms with van der Waals surface area (Å²) in [5.41, 5.74) is -3.80. The molecule has 0 spiro atoms. The number of pyridine rings is 2. The molecule has 1 aliphatic heterocycles. The van der Waals surface area contributed by atoms with Gasteiger partial charge in [0.1, 0.15) is 11.2 Å². The van der Waals surface area contributed by atoms with Crippen LogP contribution in [-0.4, -0.2) is 33.4 Å². The van der Waals surface area contributed by atoms with Gasteiger partial charge >= 0.3 is 13.3 Å². The lowest BCUT2D eigenvalue weighted by Gasteiger charge is -2.40. The molecular formula is C20H23BF3N3O4. The Balaban J connectivity index is 1.85. The molecule has 4 rings (SSSR count). The molecule has 0 atom stereocenters. The van der Waals surface area contributed by atoms with E-state index in [1.807, 2.05) is 27.7 Å². The number of hydrogen-bond donors (Lipinski definition) is 0. The summed E-state index contributed by atoms with van der Waals surface area (Å²) in [6, 6.07) is 1.45. The van der Waals surface area contributed by atoms with Crippen molar-refractivity contribution >= 4 is 23.6 Å². The maximum atomic E-state index is 13.8. The van der Waals surface area contributed by atoms with Crippen molar-refractivity contribution in [3.05, 3.63) is 39.2 Å². The highest BCUT2D eigenvalue weighted by Gasteiger charge is 2.52. The Morgan fingerprint density at radius 1 is 1.13 bits per heavy atom. The molecule has 3 heterocycles. The number of nitrogens with zero attached hydrogens (tertiary/aromatic N) is 3. The first-order valence-corrected chi connectivity index (χ1v) is 10.00. The number of hydrogen-bond acceptors (Lipinski definition) is 6. The van der Waals surface area contributed by atoms with Gasteiger partial charge in [-0.05, 0) is 53.5 Å². The first-order valence-electron chi connectivity index (χ1n) is 10.00. The van der Waals surface area contributed by atoms with Crippen LogP contribution in [0.5, 0.6) is 0 Å². The fourth-order valence-corrected chi connectivity index (χ4v) is 4.15. The van der Waals surface area contributed by atoms with Crippen LogP contribution < -0.4 is 11.0 Å². The summed E-state index contributed by atoms with van der Waals surface area (Å²) in [4.78, 5) is 27.8. The fourth-order valence-electron chi connectivity index (χ4n) is 4.15. The summed E-state index contributed by atoms with van der Waals surface area (Å²) in [5.74, 6) is 0. The molecule has 2 aliphatic rings. The van der Waals surface area contributed by atoms with E-state index in [0.717, 1.165) is 0 Å². The van der Waals surface area contributed by atoms with Gasteiger partial charge in [0.05, 0.1) is 16.8 Å². The van der Waals surface area contributed by atoms with E-state index >= 15 is 0 Å². The lowest BCUT2D eigenvalue weighted by Crippen LogP contribution is -2.44. The molecule has 2 aromatic rings. The summed E-state index contributed by atoms with van der Waals surface area (Å²) in [5, 5.41) is 2.85. The molecule has 2 fully saturated rings. The van der Waals surface area contributed by atoms with Gasteiger partial charge < -0.3 is 9.31 Å². The highest BCUT2D eigenvalue weighted by atomic mass is 19.4. The van der Waals surface area contributed by atoms with Crippen LogP contribution in [0.15, 0.2) is 28.3 Å². The Bertz CT molecular complexity index is 1110. The summed E-state index contributed by atoms with van der Waals surface area (Å²) in [7, 11) is -0.894. The van der Waals surface area contributed by atoms with Crippen molar-refractivity contribution in [1.82, 2.24) is 9.55 Å². The van der Waals surface area contributed by atoms with Crippen molar-refractivity contribution in [1.29, 1.82) is 0 Å². The molecule has 7 nitrogen and oxygen atoms in total. The maximum absolute atomic E-state index is 13.8. The largest absolute Gasteiger partial charge is 0.496 e. The van der Waals surface area contributed by atoms with Crippen LogP contribution in [0.4, 0.5) is 13.2 Å². The Kier molecular flexibility index (Phi) is 4.68. The number of alkyl halides is 3. The number of rotatable bonds is 3. The third kappa shape index (κ3) is 3.47. The predicted octanol–water partition coefficient (Wildman–Crippen LogP) is 3.57. The molecule has 1 saturated carbocycles. The molecule has 2 aromatic heterocycles. The molecular weight excluding hydrogens is 414 g/mol.